The molecule has 0 aliphatic carbocycles. The van der Waals surface area contributed by atoms with Crippen LogP contribution in [0.4, 0.5) is 15.5 Å². The van der Waals surface area contributed by atoms with Crippen molar-refractivity contribution in [2.24, 2.45) is 0 Å². The molecular formula is C24H24N4O3S. The number of anilines is 2. The number of carbonyl (C=O) groups excluding carboxylic acids is 3. The van der Waals surface area contributed by atoms with Gasteiger partial charge in [-0.3, -0.25) is 14.9 Å². The van der Waals surface area contributed by atoms with E-state index >= 15 is 0 Å². The maximum absolute atomic E-state index is 12.9. The van der Waals surface area contributed by atoms with Gasteiger partial charge in [-0.2, -0.15) is 0 Å². The molecule has 164 valence electrons. The molecule has 3 aromatic rings. The van der Waals surface area contributed by atoms with Crippen LogP contribution in [0.2, 0.25) is 0 Å². The number of amides is 4. The molecule has 2 N–H and O–H groups in total. The van der Waals surface area contributed by atoms with Gasteiger partial charge in [-0.15, -0.1) is 11.3 Å². The van der Waals surface area contributed by atoms with Crippen LogP contribution < -0.4 is 10.6 Å². The lowest BCUT2D eigenvalue weighted by Crippen LogP contribution is -2.50. The molecule has 1 saturated heterocycles. The van der Waals surface area contributed by atoms with Gasteiger partial charge in [-0.25, -0.2) is 4.79 Å². The molecular weight excluding hydrogens is 424 g/mol. The highest BCUT2D eigenvalue weighted by molar-refractivity contribution is 7.18. The summed E-state index contributed by atoms with van der Waals surface area (Å²) in [5.41, 5.74) is 2.47. The predicted molar refractivity (Wildman–Crippen MR) is 126 cm³/mol. The largest absolute Gasteiger partial charge is 0.335 e. The summed E-state index contributed by atoms with van der Waals surface area (Å²) in [4.78, 5) is 41.8. The molecule has 0 radical (unpaired) electrons. The molecule has 7 nitrogen and oxygen atoms in total. The van der Waals surface area contributed by atoms with Crippen molar-refractivity contribution in [3.63, 3.8) is 0 Å². The topological polar surface area (TPSA) is 81.8 Å². The molecule has 1 aliphatic rings. The Morgan fingerprint density at radius 2 is 1.38 bits per heavy atom. The highest BCUT2D eigenvalue weighted by Crippen LogP contribution is 2.24. The first-order valence-electron chi connectivity index (χ1n) is 10.4. The van der Waals surface area contributed by atoms with E-state index in [9.17, 15) is 14.4 Å². The van der Waals surface area contributed by atoms with E-state index in [0.717, 1.165) is 5.56 Å². The molecule has 2 heterocycles. The minimum atomic E-state index is -0.361. The molecule has 4 amide bonds. The van der Waals surface area contributed by atoms with E-state index in [-0.39, 0.29) is 17.8 Å². The molecule has 2 aromatic carbocycles. The molecule has 1 aliphatic heterocycles. The van der Waals surface area contributed by atoms with Gasteiger partial charge in [0.1, 0.15) is 0 Å². The highest BCUT2D eigenvalue weighted by Gasteiger charge is 2.26. The van der Waals surface area contributed by atoms with Crippen molar-refractivity contribution < 1.29 is 14.4 Å². The quantitative estimate of drug-likeness (QED) is 0.624. The Morgan fingerprint density at radius 1 is 0.750 bits per heavy atom. The number of hydrogen-bond donors (Lipinski definition) is 2. The molecule has 4 rings (SSSR count). The number of carbonyl (C=O) groups is 3. The van der Waals surface area contributed by atoms with E-state index in [2.05, 4.69) is 10.6 Å². The Balaban J connectivity index is 1.30. The second-order valence-corrected chi connectivity index (χ2v) is 8.64. The van der Waals surface area contributed by atoms with Gasteiger partial charge in [0, 0.05) is 37.4 Å². The summed E-state index contributed by atoms with van der Waals surface area (Å²) >= 11 is 1.24. The summed E-state index contributed by atoms with van der Waals surface area (Å²) in [6.45, 7) is 3.93. The van der Waals surface area contributed by atoms with Gasteiger partial charge in [-0.1, -0.05) is 35.9 Å². The van der Waals surface area contributed by atoms with Gasteiger partial charge < -0.3 is 15.1 Å². The summed E-state index contributed by atoms with van der Waals surface area (Å²) in [5.74, 6) is -0.0990. The van der Waals surface area contributed by atoms with Crippen LogP contribution in [0, 0.1) is 6.92 Å². The van der Waals surface area contributed by atoms with Crippen LogP contribution in [-0.2, 0) is 0 Å². The fraction of sp³-hybridized carbons (Fsp3) is 0.208. The zero-order valence-corrected chi connectivity index (χ0v) is 18.5. The molecule has 1 fully saturated rings. The standard InChI is InChI=1S/C24H24N4O3S/c1-17-7-9-18(10-8-17)22(29)27-13-15-28(16-14-27)23(30)20-11-12-21(32-20)26-24(31)25-19-5-3-2-4-6-19/h2-12H,13-16H2,1H3,(H2,25,26,31). The van der Waals surface area contributed by atoms with Crippen LogP contribution in [0.3, 0.4) is 0 Å². The number of hydrogen-bond acceptors (Lipinski definition) is 4. The van der Waals surface area contributed by atoms with Crippen LogP contribution in [-0.4, -0.2) is 53.8 Å². The van der Waals surface area contributed by atoms with Crippen LogP contribution in [0.15, 0.2) is 66.7 Å². The molecule has 0 bridgehead atoms. The van der Waals surface area contributed by atoms with Crippen molar-refractivity contribution in [3.8, 4) is 0 Å². The monoisotopic (exact) mass is 448 g/mol. The van der Waals surface area contributed by atoms with Crippen molar-refractivity contribution in [1.29, 1.82) is 0 Å². The lowest BCUT2D eigenvalue weighted by atomic mass is 10.1. The van der Waals surface area contributed by atoms with E-state index in [1.54, 1.807) is 34.1 Å². The molecule has 0 unspecified atom stereocenters. The zero-order chi connectivity index (χ0) is 22.5. The zero-order valence-electron chi connectivity index (χ0n) is 17.7. The van der Waals surface area contributed by atoms with Gasteiger partial charge in [-0.05, 0) is 43.3 Å². The van der Waals surface area contributed by atoms with E-state index in [4.69, 9.17) is 0 Å². The van der Waals surface area contributed by atoms with Crippen molar-refractivity contribution in [3.05, 3.63) is 82.7 Å². The highest BCUT2D eigenvalue weighted by atomic mass is 32.1. The Hall–Kier alpha value is -3.65. The van der Waals surface area contributed by atoms with Gasteiger partial charge in [0.15, 0.2) is 0 Å². The summed E-state index contributed by atoms with van der Waals surface area (Å²) in [5, 5.41) is 6.10. The molecule has 0 spiro atoms. The number of thiophene rings is 1. The number of rotatable bonds is 4. The van der Waals surface area contributed by atoms with Crippen molar-refractivity contribution in [2.75, 3.05) is 36.8 Å². The van der Waals surface area contributed by atoms with Crippen LogP contribution in [0.1, 0.15) is 25.6 Å². The average molecular weight is 449 g/mol. The fourth-order valence-electron chi connectivity index (χ4n) is 3.46. The second-order valence-electron chi connectivity index (χ2n) is 7.56. The van der Waals surface area contributed by atoms with Crippen LogP contribution in [0.25, 0.3) is 0 Å². The first kappa shape index (κ1) is 21.6. The normalized spacial score (nSPS) is 13.5. The van der Waals surface area contributed by atoms with Gasteiger partial charge in [0.05, 0.1) is 9.88 Å². The predicted octanol–water partition coefficient (Wildman–Crippen LogP) is 4.30. The Labute approximate surface area is 190 Å². The van der Waals surface area contributed by atoms with Crippen LogP contribution >= 0.6 is 11.3 Å². The Kier molecular flexibility index (Phi) is 6.51. The summed E-state index contributed by atoms with van der Waals surface area (Å²) < 4.78 is 0. The lowest BCUT2D eigenvalue weighted by Gasteiger charge is -2.34. The molecule has 32 heavy (non-hydrogen) atoms. The van der Waals surface area contributed by atoms with E-state index < -0.39 is 0 Å². The molecule has 1 aromatic heterocycles. The molecule has 0 saturated carbocycles. The third-order valence-electron chi connectivity index (χ3n) is 5.24. The molecule has 0 atom stereocenters. The van der Waals surface area contributed by atoms with E-state index in [1.807, 2.05) is 49.4 Å². The minimum absolute atomic E-state index is 0.0101. The lowest BCUT2D eigenvalue weighted by molar-refractivity contribution is 0.0538. The number of urea groups is 1. The number of nitrogens with zero attached hydrogens (tertiary/aromatic N) is 2. The number of nitrogens with one attached hydrogen (secondary N) is 2. The number of para-hydroxylation sites is 1. The SMILES string of the molecule is Cc1ccc(C(=O)N2CCN(C(=O)c3ccc(NC(=O)Nc4ccccc4)s3)CC2)cc1. The second kappa shape index (κ2) is 9.65. The smallest absolute Gasteiger partial charge is 0.324 e. The molecule has 8 heteroatoms. The summed E-state index contributed by atoms with van der Waals surface area (Å²) in [6, 6.07) is 19.8. The van der Waals surface area contributed by atoms with Crippen molar-refractivity contribution in [1.82, 2.24) is 9.80 Å². The fourth-order valence-corrected chi connectivity index (χ4v) is 4.33. The van der Waals surface area contributed by atoms with Crippen LogP contribution in [0.5, 0.6) is 0 Å². The summed E-state index contributed by atoms with van der Waals surface area (Å²) in [6.07, 6.45) is 0. The maximum atomic E-state index is 12.9. The average Bonchev–Trinajstić information content (AvgIpc) is 3.27. The van der Waals surface area contributed by atoms with Gasteiger partial charge in [0.25, 0.3) is 11.8 Å². The van der Waals surface area contributed by atoms with E-state index in [0.29, 0.717) is 47.3 Å². The third kappa shape index (κ3) is 5.15. The Bertz CT molecular complexity index is 1100. The first-order chi connectivity index (χ1) is 15.5. The number of piperazine rings is 1. The minimum Gasteiger partial charge on any atom is -0.335 e. The van der Waals surface area contributed by atoms with E-state index in [1.165, 1.54) is 11.3 Å². The van der Waals surface area contributed by atoms with Crippen molar-refractivity contribution in [2.45, 2.75) is 6.92 Å². The Morgan fingerprint density at radius 3 is 2.03 bits per heavy atom. The summed E-state index contributed by atoms with van der Waals surface area (Å²) in [7, 11) is 0. The van der Waals surface area contributed by atoms with Gasteiger partial charge >= 0.3 is 6.03 Å². The third-order valence-corrected chi connectivity index (χ3v) is 6.23. The number of benzene rings is 2. The number of aryl methyl sites for hydroxylation is 1. The van der Waals surface area contributed by atoms with Gasteiger partial charge in [0.2, 0.25) is 0 Å². The maximum Gasteiger partial charge on any atom is 0.324 e. The first-order valence-corrected chi connectivity index (χ1v) is 11.2. The van der Waals surface area contributed by atoms with Crippen molar-refractivity contribution >= 4 is 39.9 Å².